The summed E-state index contributed by atoms with van der Waals surface area (Å²) in [6.07, 6.45) is 9.49. The Morgan fingerprint density at radius 3 is 2.54 bits per heavy atom. The minimum Gasteiger partial charge on any atom is -0.351 e. The van der Waals surface area contributed by atoms with Crippen LogP contribution in [0.2, 0.25) is 0 Å². The average molecular weight is 478 g/mol. The molecule has 0 radical (unpaired) electrons. The lowest BCUT2D eigenvalue weighted by molar-refractivity contribution is -0.133. The number of carbonyl (C=O) groups excluding carboxylic acids is 3. The number of fused-ring (bicyclic) bond motifs is 2. The highest BCUT2D eigenvalue weighted by Gasteiger charge is 2.46. The summed E-state index contributed by atoms with van der Waals surface area (Å²) in [5.41, 5.74) is 1.88. The Bertz CT molecular complexity index is 1130. The van der Waals surface area contributed by atoms with E-state index in [1.165, 1.54) is 28.0 Å². The topological polar surface area (TPSA) is 96.3 Å². The van der Waals surface area contributed by atoms with Crippen LogP contribution in [0.5, 0.6) is 0 Å². The van der Waals surface area contributed by atoms with E-state index in [2.05, 4.69) is 27.9 Å². The van der Waals surface area contributed by atoms with Crippen LogP contribution in [0.4, 0.5) is 0 Å². The zero-order chi connectivity index (χ0) is 24.6. The Kier molecular flexibility index (Phi) is 6.38. The van der Waals surface area contributed by atoms with Gasteiger partial charge in [-0.25, -0.2) is 0 Å². The van der Waals surface area contributed by atoms with Crippen molar-refractivity contribution in [2.75, 3.05) is 7.05 Å². The normalized spacial score (nSPS) is 24.8. The van der Waals surface area contributed by atoms with Gasteiger partial charge in [-0.2, -0.15) is 5.10 Å². The van der Waals surface area contributed by atoms with Gasteiger partial charge < -0.3 is 15.5 Å². The standard InChI is InChI=1S/C27H35N5O3/c1-27(26(35)28-19-12-5-3-4-6-13-19)17-32-23(25(34)31(27)2)16-22(30-32)24(33)29-21-15-9-11-18-10-7-8-14-20(18)21/h7-8,10,14,16,19,21H,3-6,9,11-13,15,17H2,1-2H3,(H,28,35)(H,29,33)/t21-,27+/m0/s1. The number of rotatable bonds is 4. The molecule has 0 bridgehead atoms. The number of hydrogen-bond acceptors (Lipinski definition) is 4. The monoisotopic (exact) mass is 477 g/mol. The van der Waals surface area contributed by atoms with Gasteiger partial charge >= 0.3 is 0 Å². The number of aryl methyl sites for hydroxylation is 1. The molecule has 8 nitrogen and oxygen atoms in total. The third kappa shape index (κ3) is 4.46. The molecule has 1 aliphatic heterocycles. The summed E-state index contributed by atoms with van der Waals surface area (Å²) >= 11 is 0. The van der Waals surface area contributed by atoms with Crippen molar-refractivity contribution in [1.82, 2.24) is 25.3 Å². The van der Waals surface area contributed by atoms with Crippen LogP contribution < -0.4 is 10.6 Å². The van der Waals surface area contributed by atoms with Crippen molar-refractivity contribution in [1.29, 1.82) is 0 Å². The molecule has 35 heavy (non-hydrogen) atoms. The largest absolute Gasteiger partial charge is 0.351 e. The van der Waals surface area contributed by atoms with Crippen molar-refractivity contribution in [2.45, 2.75) is 88.9 Å². The fraction of sp³-hybridized carbons (Fsp3) is 0.556. The van der Waals surface area contributed by atoms with Crippen molar-refractivity contribution in [3.63, 3.8) is 0 Å². The van der Waals surface area contributed by atoms with Crippen LogP contribution in [-0.4, -0.2) is 51.0 Å². The van der Waals surface area contributed by atoms with Crippen LogP contribution >= 0.6 is 0 Å². The van der Waals surface area contributed by atoms with Gasteiger partial charge in [-0.3, -0.25) is 19.1 Å². The molecule has 186 valence electrons. The molecule has 2 aliphatic carbocycles. The van der Waals surface area contributed by atoms with Crippen LogP contribution in [0.3, 0.4) is 0 Å². The predicted octanol–water partition coefficient (Wildman–Crippen LogP) is 3.37. The maximum Gasteiger partial charge on any atom is 0.272 e. The van der Waals surface area contributed by atoms with Gasteiger partial charge in [0.05, 0.1) is 12.6 Å². The summed E-state index contributed by atoms with van der Waals surface area (Å²) in [5, 5.41) is 10.8. The van der Waals surface area contributed by atoms with E-state index in [9.17, 15) is 14.4 Å². The number of carbonyl (C=O) groups is 3. The van der Waals surface area contributed by atoms with Gasteiger partial charge in [0.1, 0.15) is 11.2 Å². The molecule has 0 unspecified atom stereocenters. The average Bonchev–Trinajstić information content (AvgIpc) is 3.11. The summed E-state index contributed by atoms with van der Waals surface area (Å²) in [5.74, 6) is -0.760. The smallest absolute Gasteiger partial charge is 0.272 e. The summed E-state index contributed by atoms with van der Waals surface area (Å²) in [6.45, 7) is 1.99. The Morgan fingerprint density at radius 2 is 1.77 bits per heavy atom. The van der Waals surface area contributed by atoms with Crippen LogP contribution in [0.25, 0.3) is 0 Å². The van der Waals surface area contributed by atoms with E-state index in [4.69, 9.17) is 0 Å². The molecule has 1 aromatic carbocycles. The van der Waals surface area contributed by atoms with E-state index in [1.807, 2.05) is 12.1 Å². The maximum absolute atomic E-state index is 13.4. The van der Waals surface area contributed by atoms with E-state index in [1.54, 1.807) is 20.0 Å². The molecule has 2 heterocycles. The summed E-state index contributed by atoms with van der Waals surface area (Å²) in [6, 6.07) is 9.81. The van der Waals surface area contributed by atoms with Gasteiger partial charge in [0.15, 0.2) is 5.69 Å². The molecule has 1 fully saturated rings. The zero-order valence-corrected chi connectivity index (χ0v) is 20.7. The summed E-state index contributed by atoms with van der Waals surface area (Å²) in [4.78, 5) is 41.2. The van der Waals surface area contributed by atoms with Crippen LogP contribution in [0.15, 0.2) is 30.3 Å². The second kappa shape index (κ2) is 9.47. The van der Waals surface area contributed by atoms with Crippen LogP contribution in [0, 0.1) is 0 Å². The molecule has 8 heteroatoms. The highest BCUT2D eigenvalue weighted by atomic mass is 16.2. The fourth-order valence-electron chi connectivity index (χ4n) is 5.74. The highest BCUT2D eigenvalue weighted by molar-refractivity contribution is 6.01. The minimum absolute atomic E-state index is 0.0693. The maximum atomic E-state index is 13.4. The molecular weight excluding hydrogens is 442 g/mol. The Balaban J connectivity index is 1.33. The van der Waals surface area contributed by atoms with Gasteiger partial charge in [-0.1, -0.05) is 49.9 Å². The molecule has 3 amide bonds. The molecule has 2 N–H and O–H groups in total. The van der Waals surface area contributed by atoms with E-state index in [0.717, 1.165) is 50.5 Å². The third-order valence-electron chi connectivity index (χ3n) is 8.09. The molecule has 1 saturated carbocycles. The van der Waals surface area contributed by atoms with Crippen molar-refractivity contribution in [3.05, 3.63) is 52.8 Å². The van der Waals surface area contributed by atoms with Crippen molar-refractivity contribution in [2.24, 2.45) is 0 Å². The first-order valence-corrected chi connectivity index (χ1v) is 12.9. The molecule has 1 aromatic heterocycles. The second-order valence-electron chi connectivity index (χ2n) is 10.5. The first-order chi connectivity index (χ1) is 16.9. The number of likely N-dealkylation sites (N-methyl/N-ethyl adjacent to an activating group) is 1. The van der Waals surface area contributed by atoms with Crippen molar-refractivity contribution >= 4 is 17.7 Å². The first-order valence-electron chi connectivity index (χ1n) is 12.9. The number of amides is 3. The van der Waals surface area contributed by atoms with Gasteiger partial charge in [-0.15, -0.1) is 0 Å². The first kappa shape index (κ1) is 23.6. The van der Waals surface area contributed by atoms with Gasteiger partial charge in [0.2, 0.25) is 5.91 Å². The van der Waals surface area contributed by atoms with Crippen LogP contribution in [0.1, 0.15) is 96.4 Å². The number of nitrogens with zero attached hydrogens (tertiary/aromatic N) is 3. The van der Waals surface area contributed by atoms with Crippen LogP contribution in [-0.2, 0) is 17.8 Å². The SMILES string of the molecule is CN1C(=O)c2cc(C(=O)N[C@H]3CCCc4ccccc43)nn2C[C@]1(C)C(=O)NC1CCCCCC1. The quantitative estimate of drug-likeness (QED) is 0.660. The zero-order valence-electron chi connectivity index (χ0n) is 20.7. The Labute approximate surface area is 206 Å². The summed E-state index contributed by atoms with van der Waals surface area (Å²) in [7, 11) is 1.66. The minimum atomic E-state index is -1.07. The molecule has 0 saturated heterocycles. The molecule has 2 atom stereocenters. The van der Waals surface area contributed by atoms with Gasteiger partial charge in [0.25, 0.3) is 11.8 Å². The molecule has 5 rings (SSSR count). The number of benzene rings is 1. The number of nitrogens with one attached hydrogen (secondary N) is 2. The molecule has 0 spiro atoms. The highest BCUT2D eigenvalue weighted by Crippen LogP contribution is 2.30. The lowest BCUT2D eigenvalue weighted by Crippen LogP contribution is -2.63. The molecular formula is C27H35N5O3. The summed E-state index contributed by atoms with van der Waals surface area (Å²) < 4.78 is 1.53. The third-order valence-corrected chi connectivity index (χ3v) is 8.09. The molecule has 2 aromatic rings. The van der Waals surface area contributed by atoms with E-state index in [0.29, 0.717) is 5.69 Å². The van der Waals surface area contributed by atoms with Gasteiger partial charge in [0, 0.05) is 19.2 Å². The fourth-order valence-corrected chi connectivity index (χ4v) is 5.74. The van der Waals surface area contributed by atoms with E-state index < -0.39 is 5.54 Å². The second-order valence-corrected chi connectivity index (χ2v) is 10.5. The van der Waals surface area contributed by atoms with E-state index in [-0.39, 0.29) is 42.0 Å². The van der Waals surface area contributed by atoms with Crippen molar-refractivity contribution < 1.29 is 14.4 Å². The number of hydrogen-bond donors (Lipinski definition) is 2. The number of aromatic nitrogens is 2. The van der Waals surface area contributed by atoms with Crippen molar-refractivity contribution in [3.8, 4) is 0 Å². The predicted molar refractivity (Wildman–Crippen MR) is 132 cm³/mol. The van der Waals surface area contributed by atoms with E-state index >= 15 is 0 Å². The lowest BCUT2D eigenvalue weighted by Gasteiger charge is -2.41. The van der Waals surface area contributed by atoms with Gasteiger partial charge in [-0.05, 0) is 50.2 Å². The molecule has 3 aliphatic rings. The lowest BCUT2D eigenvalue weighted by atomic mass is 9.87. The Morgan fingerprint density at radius 1 is 1.03 bits per heavy atom. The Hall–Kier alpha value is -3.16.